The van der Waals surface area contributed by atoms with Gasteiger partial charge in [0.2, 0.25) is 11.6 Å². The second-order valence-electron chi connectivity index (χ2n) is 6.16. The van der Waals surface area contributed by atoms with Crippen molar-refractivity contribution in [2.45, 2.75) is 6.82 Å². The molecular formula is C18H14B2O6. The summed E-state index contributed by atoms with van der Waals surface area (Å²) >= 11 is 0. The molecule has 128 valence electrons. The molecule has 4 rings (SSSR count). The van der Waals surface area contributed by atoms with Crippen molar-refractivity contribution in [3.05, 3.63) is 52.4 Å². The highest BCUT2D eigenvalue weighted by Crippen LogP contribution is 2.35. The van der Waals surface area contributed by atoms with Gasteiger partial charge in [-0.2, -0.15) is 0 Å². The molecule has 1 aliphatic carbocycles. The number of carbonyl (C=O) groups is 3. The van der Waals surface area contributed by atoms with Crippen molar-refractivity contribution >= 4 is 37.9 Å². The maximum absolute atomic E-state index is 13.0. The summed E-state index contributed by atoms with van der Waals surface area (Å²) in [5, 5.41) is 0. The minimum atomic E-state index is -0.704. The molecule has 0 amide bonds. The molecule has 1 aromatic heterocycles. The van der Waals surface area contributed by atoms with Gasteiger partial charge in [-0.15, -0.1) is 0 Å². The molecule has 0 saturated carbocycles. The zero-order valence-corrected chi connectivity index (χ0v) is 14.4. The van der Waals surface area contributed by atoms with Crippen molar-refractivity contribution < 1.29 is 28.3 Å². The smallest absolute Gasteiger partial charge is 0.236 e. The predicted octanol–water partition coefficient (Wildman–Crippen LogP) is 0.833. The van der Waals surface area contributed by atoms with Gasteiger partial charge in [0, 0.05) is 5.56 Å². The topological polar surface area (TPSA) is 82.8 Å². The Hall–Kier alpha value is -3.02. The van der Waals surface area contributed by atoms with Crippen LogP contribution in [0, 0.1) is 0 Å². The second-order valence-corrected chi connectivity index (χ2v) is 6.16. The van der Waals surface area contributed by atoms with Gasteiger partial charge < -0.3 is 13.9 Å². The maximum Gasteiger partial charge on any atom is 0.236 e. The number of rotatable bonds is 3. The summed E-state index contributed by atoms with van der Waals surface area (Å²) in [6.45, 7) is 2.73. The van der Waals surface area contributed by atoms with Crippen LogP contribution in [-0.2, 0) is 4.79 Å². The molecule has 2 aliphatic rings. The predicted molar refractivity (Wildman–Crippen MR) is 97.4 cm³/mol. The lowest BCUT2D eigenvalue weighted by Crippen LogP contribution is -2.26. The Morgan fingerprint density at radius 1 is 1.12 bits per heavy atom. The highest BCUT2D eigenvalue weighted by Gasteiger charge is 2.36. The summed E-state index contributed by atoms with van der Waals surface area (Å²) in [5.74, 6) is -0.332. The number of ether oxygens (including phenoxy) is 2. The van der Waals surface area contributed by atoms with Gasteiger partial charge in [-0.25, -0.2) is 0 Å². The molecule has 0 radical (unpaired) electrons. The average molecular weight is 348 g/mol. The van der Waals surface area contributed by atoms with Crippen LogP contribution in [0.15, 0.2) is 34.4 Å². The van der Waals surface area contributed by atoms with Gasteiger partial charge in [0.05, 0.1) is 11.1 Å². The van der Waals surface area contributed by atoms with E-state index in [-0.39, 0.29) is 11.1 Å². The third kappa shape index (κ3) is 2.33. The van der Waals surface area contributed by atoms with Gasteiger partial charge in [0.25, 0.3) is 0 Å². The highest BCUT2D eigenvalue weighted by molar-refractivity contribution is 6.72. The zero-order valence-electron chi connectivity index (χ0n) is 14.4. The van der Waals surface area contributed by atoms with Crippen molar-refractivity contribution in [3.8, 4) is 11.5 Å². The normalized spacial score (nSPS) is 15.7. The van der Waals surface area contributed by atoms with E-state index in [1.165, 1.54) is 6.26 Å². The summed E-state index contributed by atoms with van der Waals surface area (Å²) in [6, 6.07) is 4.84. The fraction of sp³-hybridized carbons (Fsp3) is 0.167. The molecule has 1 aromatic carbocycles. The van der Waals surface area contributed by atoms with Crippen molar-refractivity contribution in [3.63, 3.8) is 0 Å². The Kier molecular flexibility index (Phi) is 3.83. The molecule has 0 atom stereocenters. The van der Waals surface area contributed by atoms with Gasteiger partial charge in [-0.1, -0.05) is 6.82 Å². The van der Waals surface area contributed by atoms with Crippen LogP contribution in [0.4, 0.5) is 0 Å². The molecule has 26 heavy (non-hydrogen) atoms. The van der Waals surface area contributed by atoms with E-state index in [4.69, 9.17) is 13.9 Å². The van der Waals surface area contributed by atoms with E-state index < -0.39 is 17.3 Å². The molecule has 1 aliphatic heterocycles. The number of carbonyl (C=O) groups excluding carboxylic acids is 3. The van der Waals surface area contributed by atoms with Crippen LogP contribution in [0.1, 0.15) is 32.0 Å². The first-order valence-corrected chi connectivity index (χ1v) is 8.38. The summed E-state index contributed by atoms with van der Waals surface area (Å²) < 4.78 is 16.5. The van der Waals surface area contributed by atoms with Crippen LogP contribution in [0.3, 0.4) is 0 Å². The monoisotopic (exact) mass is 348 g/mol. The van der Waals surface area contributed by atoms with Crippen LogP contribution < -0.4 is 9.47 Å². The molecule has 6 nitrogen and oxygen atoms in total. The molecule has 0 fully saturated rings. The quantitative estimate of drug-likeness (QED) is 0.464. The number of fused-ring (bicyclic) bond motifs is 2. The Morgan fingerprint density at radius 3 is 2.58 bits per heavy atom. The Morgan fingerprint density at radius 2 is 1.85 bits per heavy atom. The van der Waals surface area contributed by atoms with Gasteiger partial charge >= 0.3 is 0 Å². The van der Waals surface area contributed by atoms with Gasteiger partial charge in [-0.3, -0.25) is 14.4 Å². The van der Waals surface area contributed by atoms with E-state index in [0.717, 1.165) is 0 Å². The molecule has 0 bridgehead atoms. The molecular weight excluding hydrogens is 334 g/mol. The van der Waals surface area contributed by atoms with E-state index in [0.29, 0.717) is 54.3 Å². The number of ketones is 3. The molecule has 2 heterocycles. The minimum absolute atomic E-state index is 0.0531. The molecule has 0 N–H and O–H groups in total. The molecule has 2 aromatic rings. The highest BCUT2D eigenvalue weighted by atomic mass is 16.6. The van der Waals surface area contributed by atoms with Crippen molar-refractivity contribution in [2.24, 2.45) is 0 Å². The maximum atomic E-state index is 13.0. The zero-order chi connectivity index (χ0) is 18.4. The van der Waals surface area contributed by atoms with Crippen LogP contribution in [-0.4, -0.2) is 45.7 Å². The largest absolute Gasteiger partial charge is 0.486 e. The van der Waals surface area contributed by atoms with E-state index >= 15 is 0 Å². The summed E-state index contributed by atoms with van der Waals surface area (Å²) in [7, 11) is 2.13. The molecule has 8 heteroatoms. The Labute approximate surface area is 150 Å². The van der Waals surface area contributed by atoms with Crippen molar-refractivity contribution in [1.82, 2.24) is 0 Å². The third-order valence-corrected chi connectivity index (χ3v) is 4.69. The van der Waals surface area contributed by atoms with Gasteiger partial charge in [0.15, 0.2) is 24.6 Å². The number of allylic oxidation sites excluding steroid dienone is 1. The third-order valence-electron chi connectivity index (χ3n) is 4.69. The number of hydrogen-bond donors (Lipinski definition) is 0. The lowest BCUT2D eigenvalue weighted by molar-refractivity contribution is -0.111. The van der Waals surface area contributed by atoms with E-state index in [2.05, 4.69) is 0 Å². The molecule has 0 saturated heterocycles. The van der Waals surface area contributed by atoms with E-state index in [1.54, 1.807) is 26.0 Å². The van der Waals surface area contributed by atoms with Crippen molar-refractivity contribution in [1.29, 1.82) is 0 Å². The fourth-order valence-corrected chi connectivity index (χ4v) is 3.33. The van der Waals surface area contributed by atoms with Crippen molar-refractivity contribution in [2.75, 3.05) is 13.2 Å². The fourth-order valence-electron chi connectivity index (χ4n) is 3.33. The van der Waals surface area contributed by atoms with Crippen LogP contribution in [0.2, 0.25) is 6.82 Å². The van der Waals surface area contributed by atoms with Gasteiger partial charge in [0.1, 0.15) is 33.1 Å². The Balaban J connectivity index is 1.80. The minimum Gasteiger partial charge on any atom is -0.486 e. The second kappa shape index (κ2) is 6.05. The number of Topliss-reactive ketones (excluding diaryl/α,β-unsaturated/α-hetero) is 2. The Bertz CT molecular complexity index is 1000. The number of benzene rings is 1. The van der Waals surface area contributed by atoms with Crippen LogP contribution in [0.5, 0.6) is 11.5 Å². The first-order chi connectivity index (χ1) is 12.5. The number of furan rings is 1. The van der Waals surface area contributed by atoms with Crippen LogP contribution >= 0.6 is 0 Å². The number of hydrogen-bond acceptors (Lipinski definition) is 6. The summed E-state index contributed by atoms with van der Waals surface area (Å²) in [6.07, 6.45) is 1.25. The van der Waals surface area contributed by atoms with E-state index in [9.17, 15) is 14.4 Å². The lowest BCUT2D eigenvalue weighted by atomic mass is 9.61. The first kappa shape index (κ1) is 16.4. The van der Waals surface area contributed by atoms with Gasteiger partial charge in [-0.05, 0) is 29.1 Å². The van der Waals surface area contributed by atoms with E-state index in [1.807, 2.05) is 6.82 Å². The molecule has 0 unspecified atom stereocenters. The molecule has 0 spiro atoms. The first-order valence-electron chi connectivity index (χ1n) is 8.38. The average Bonchev–Trinajstić information content (AvgIpc) is 3.10. The van der Waals surface area contributed by atoms with Crippen LogP contribution in [0.25, 0.3) is 5.47 Å². The SMILES string of the molecule is BC1=C(BC)c2occ(C(=O)c3ccc4c(c3)OCCO4)c2C(=O)C1=O. The summed E-state index contributed by atoms with van der Waals surface area (Å²) in [5.41, 5.74) is 1.51. The standard InChI is InChI=1S/C18H14B2O6/c1-20-14-13(19)17(23)16(22)12-9(7-26-18(12)14)15(21)8-2-3-10-11(6-8)25-5-4-24-10/h2-3,6-7,20H,4-5,19H2,1H3. The summed E-state index contributed by atoms with van der Waals surface area (Å²) in [4.78, 5) is 37.7. The lowest BCUT2D eigenvalue weighted by Gasteiger charge is -2.18.